The van der Waals surface area contributed by atoms with Gasteiger partial charge < -0.3 is 9.72 Å². The second kappa shape index (κ2) is 5.95. The average molecular weight is 257 g/mol. The second-order valence-electron chi connectivity index (χ2n) is 3.98. The maximum Gasteiger partial charge on any atom is 0.374 e. The number of esters is 1. The number of hydrogen-bond acceptors (Lipinski definition) is 4. The Labute approximate surface area is 111 Å². The lowest BCUT2D eigenvalue weighted by Crippen LogP contribution is -2.06. The van der Waals surface area contributed by atoms with Crippen molar-refractivity contribution in [2.75, 3.05) is 6.61 Å². The fraction of sp³-hybridized carbons (Fsp3) is 0.214. The van der Waals surface area contributed by atoms with Gasteiger partial charge in [-0.3, -0.25) is 4.99 Å². The molecule has 1 aromatic carbocycles. The van der Waals surface area contributed by atoms with Crippen molar-refractivity contribution in [1.29, 1.82) is 0 Å². The first-order chi connectivity index (χ1) is 9.22. The predicted octanol–water partition coefficient (Wildman–Crippen LogP) is 2.51. The van der Waals surface area contributed by atoms with Crippen molar-refractivity contribution in [2.45, 2.75) is 13.3 Å². The molecule has 0 aliphatic heterocycles. The molecule has 0 bridgehead atoms. The summed E-state index contributed by atoms with van der Waals surface area (Å²) in [7, 11) is 0. The Kier molecular flexibility index (Phi) is 4.07. The van der Waals surface area contributed by atoms with E-state index in [1.54, 1.807) is 13.1 Å². The minimum atomic E-state index is -0.431. The highest BCUT2D eigenvalue weighted by atomic mass is 16.5. The minimum absolute atomic E-state index is 0.237. The van der Waals surface area contributed by atoms with Gasteiger partial charge in [0.2, 0.25) is 5.82 Å². The molecule has 0 fully saturated rings. The monoisotopic (exact) mass is 257 g/mol. The molecule has 0 amide bonds. The first kappa shape index (κ1) is 13.0. The van der Waals surface area contributed by atoms with Gasteiger partial charge >= 0.3 is 5.97 Å². The van der Waals surface area contributed by atoms with Crippen LogP contribution in [0, 0.1) is 0 Å². The summed E-state index contributed by atoms with van der Waals surface area (Å²) < 4.78 is 4.87. The van der Waals surface area contributed by atoms with Crippen molar-refractivity contribution in [3.63, 3.8) is 0 Å². The van der Waals surface area contributed by atoms with Gasteiger partial charge in [-0.25, -0.2) is 9.78 Å². The van der Waals surface area contributed by atoms with Crippen LogP contribution in [0.25, 0.3) is 0 Å². The number of H-pyrrole nitrogens is 1. The third-order valence-electron chi connectivity index (χ3n) is 2.61. The number of rotatable bonds is 5. The van der Waals surface area contributed by atoms with E-state index in [4.69, 9.17) is 4.74 Å². The summed E-state index contributed by atoms with van der Waals surface area (Å²) in [5, 5.41) is 0. The maximum atomic E-state index is 11.5. The van der Waals surface area contributed by atoms with Gasteiger partial charge in [-0.15, -0.1) is 0 Å². The first-order valence-electron chi connectivity index (χ1n) is 5.99. The van der Waals surface area contributed by atoms with Crippen LogP contribution in [-0.4, -0.2) is 29.3 Å². The molecule has 19 heavy (non-hydrogen) atoms. The van der Waals surface area contributed by atoms with Crippen molar-refractivity contribution in [1.82, 2.24) is 9.97 Å². The van der Waals surface area contributed by atoms with Crippen LogP contribution < -0.4 is 0 Å². The van der Waals surface area contributed by atoms with Gasteiger partial charge in [0.15, 0.2) is 0 Å². The summed E-state index contributed by atoms with van der Waals surface area (Å²) in [6.07, 6.45) is 2.32. The normalized spacial score (nSPS) is 10.2. The molecule has 0 saturated heterocycles. The molecular weight excluding hydrogens is 242 g/mol. The van der Waals surface area contributed by atoms with Crippen LogP contribution in [0.1, 0.15) is 28.8 Å². The fourth-order valence-corrected chi connectivity index (χ4v) is 1.69. The lowest BCUT2D eigenvalue weighted by molar-refractivity contribution is 0.0513. The number of carbonyl (C=O) groups is 1. The summed E-state index contributed by atoms with van der Waals surface area (Å²) in [4.78, 5) is 22.3. The minimum Gasteiger partial charge on any atom is -0.460 e. The topological polar surface area (TPSA) is 67.3 Å². The number of hydrogen-bond donors (Lipinski definition) is 1. The van der Waals surface area contributed by atoms with E-state index in [0.717, 1.165) is 16.9 Å². The molecule has 0 aliphatic rings. The number of imidazole rings is 1. The molecule has 1 N–H and O–H groups in total. The molecule has 0 radical (unpaired) electrons. The number of nitrogens with zero attached hydrogens (tertiary/aromatic N) is 2. The lowest BCUT2D eigenvalue weighted by Gasteiger charge is -2.00. The van der Waals surface area contributed by atoms with Crippen LogP contribution in [0.3, 0.4) is 0 Å². The summed E-state index contributed by atoms with van der Waals surface area (Å²) in [6.45, 7) is 5.57. The van der Waals surface area contributed by atoms with E-state index in [-0.39, 0.29) is 5.82 Å². The molecule has 2 rings (SSSR count). The number of aromatic amines is 1. The second-order valence-corrected chi connectivity index (χ2v) is 3.98. The molecule has 2 aromatic rings. The number of aliphatic imine (C=N–C) groups is 1. The molecule has 5 heteroatoms. The smallest absolute Gasteiger partial charge is 0.374 e. The maximum absolute atomic E-state index is 11.5. The van der Waals surface area contributed by atoms with Gasteiger partial charge in [0.25, 0.3) is 0 Å². The summed E-state index contributed by atoms with van der Waals surface area (Å²) in [5.41, 5.74) is 2.80. The third-order valence-corrected chi connectivity index (χ3v) is 2.61. The lowest BCUT2D eigenvalue weighted by atomic mass is 10.1. The van der Waals surface area contributed by atoms with Crippen molar-refractivity contribution >= 4 is 18.4 Å². The van der Waals surface area contributed by atoms with Crippen LogP contribution in [0.5, 0.6) is 0 Å². The molecule has 1 heterocycles. The van der Waals surface area contributed by atoms with Crippen LogP contribution in [-0.2, 0) is 11.2 Å². The fourth-order valence-electron chi connectivity index (χ4n) is 1.69. The third kappa shape index (κ3) is 3.28. The van der Waals surface area contributed by atoms with E-state index in [9.17, 15) is 4.79 Å². The van der Waals surface area contributed by atoms with Gasteiger partial charge in [-0.1, -0.05) is 12.1 Å². The highest BCUT2D eigenvalue weighted by Crippen LogP contribution is 2.14. The Bertz CT molecular complexity index is 573. The largest absolute Gasteiger partial charge is 0.460 e. The molecule has 0 unspecified atom stereocenters. The molecule has 0 spiro atoms. The quantitative estimate of drug-likeness (QED) is 0.661. The highest BCUT2D eigenvalue weighted by Gasteiger charge is 2.11. The number of nitrogens with one attached hydrogen (secondary N) is 1. The van der Waals surface area contributed by atoms with E-state index in [1.807, 2.05) is 24.3 Å². The van der Waals surface area contributed by atoms with E-state index in [1.165, 1.54) is 0 Å². The SMILES string of the molecule is C=Nc1ccc(Cc2cnc(C(=O)OCC)[nH]2)cc1. The molecule has 0 atom stereocenters. The molecule has 5 nitrogen and oxygen atoms in total. The van der Waals surface area contributed by atoms with Crippen LogP contribution >= 0.6 is 0 Å². The van der Waals surface area contributed by atoms with Gasteiger partial charge in [0.1, 0.15) is 0 Å². The summed E-state index contributed by atoms with van der Waals surface area (Å²) >= 11 is 0. The Morgan fingerprint density at radius 3 is 2.79 bits per heavy atom. The Hall–Kier alpha value is -2.43. The zero-order valence-corrected chi connectivity index (χ0v) is 10.7. The Morgan fingerprint density at radius 2 is 2.16 bits per heavy atom. The van der Waals surface area contributed by atoms with E-state index in [0.29, 0.717) is 13.0 Å². The van der Waals surface area contributed by atoms with E-state index < -0.39 is 5.97 Å². The molecule has 1 aromatic heterocycles. The number of aromatic nitrogens is 2. The first-order valence-corrected chi connectivity index (χ1v) is 5.99. The number of ether oxygens (including phenoxy) is 1. The van der Waals surface area contributed by atoms with Gasteiger partial charge in [0.05, 0.1) is 12.3 Å². The van der Waals surface area contributed by atoms with Crippen LogP contribution in [0.2, 0.25) is 0 Å². The van der Waals surface area contributed by atoms with Gasteiger partial charge in [-0.05, 0) is 31.3 Å². The van der Waals surface area contributed by atoms with Crippen LogP contribution in [0.15, 0.2) is 35.5 Å². The molecule has 98 valence electrons. The summed E-state index contributed by atoms with van der Waals surface area (Å²) in [6, 6.07) is 7.72. The number of benzene rings is 1. The highest BCUT2D eigenvalue weighted by molar-refractivity contribution is 5.85. The Balaban J connectivity index is 2.06. The van der Waals surface area contributed by atoms with Crippen molar-refractivity contribution in [3.8, 4) is 0 Å². The van der Waals surface area contributed by atoms with Gasteiger partial charge in [0, 0.05) is 18.3 Å². The number of carbonyl (C=O) groups excluding carboxylic acids is 1. The molecule has 0 saturated carbocycles. The average Bonchev–Trinajstić information content (AvgIpc) is 2.88. The zero-order chi connectivity index (χ0) is 13.7. The van der Waals surface area contributed by atoms with Crippen molar-refractivity contribution in [2.24, 2.45) is 4.99 Å². The van der Waals surface area contributed by atoms with E-state index in [2.05, 4.69) is 21.7 Å². The van der Waals surface area contributed by atoms with Crippen LogP contribution in [0.4, 0.5) is 5.69 Å². The van der Waals surface area contributed by atoms with Crippen molar-refractivity contribution in [3.05, 3.63) is 47.5 Å². The Morgan fingerprint density at radius 1 is 1.42 bits per heavy atom. The van der Waals surface area contributed by atoms with E-state index >= 15 is 0 Å². The summed E-state index contributed by atoms with van der Waals surface area (Å²) in [5.74, 6) is -0.193. The molecular formula is C14H15N3O2. The predicted molar refractivity (Wildman–Crippen MR) is 73.0 cm³/mol. The standard InChI is InChI=1S/C14H15N3O2/c1-3-19-14(18)13-16-9-12(17-13)8-10-4-6-11(15-2)7-5-10/h4-7,9H,2-3,8H2,1H3,(H,16,17). The van der Waals surface area contributed by atoms with Crippen molar-refractivity contribution < 1.29 is 9.53 Å². The van der Waals surface area contributed by atoms with Gasteiger partial charge in [-0.2, -0.15) is 0 Å². The zero-order valence-electron chi connectivity index (χ0n) is 10.7. The molecule has 0 aliphatic carbocycles.